The van der Waals surface area contributed by atoms with Gasteiger partial charge in [0, 0.05) is 0 Å². The van der Waals surface area contributed by atoms with E-state index in [9.17, 15) is 5.11 Å². The van der Waals surface area contributed by atoms with Crippen molar-refractivity contribution in [3.05, 3.63) is 46.1 Å². The fourth-order valence-electron chi connectivity index (χ4n) is 2.59. The zero-order valence-corrected chi connectivity index (χ0v) is 15.8. The summed E-state index contributed by atoms with van der Waals surface area (Å²) < 4.78 is 8.54. The van der Waals surface area contributed by atoms with Gasteiger partial charge in [-0.15, -0.1) is 0 Å². The molecule has 126 valence electrons. The molecule has 2 heterocycles. The molecule has 5 nitrogen and oxygen atoms in total. The highest BCUT2D eigenvalue weighted by Gasteiger charge is 2.18. The van der Waals surface area contributed by atoms with E-state index in [2.05, 4.69) is 26.0 Å². The zero-order chi connectivity index (χ0) is 17.5. The molecule has 6 heteroatoms. The number of fused-ring (bicyclic) bond motifs is 1. The van der Waals surface area contributed by atoms with Crippen LogP contribution in [0.2, 0.25) is 0 Å². The third-order valence-corrected chi connectivity index (χ3v) is 4.26. The van der Waals surface area contributed by atoms with Crippen LogP contribution in [0, 0.1) is 13.8 Å². The fourth-order valence-corrected chi connectivity index (χ4v) is 2.97. The van der Waals surface area contributed by atoms with Gasteiger partial charge >= 0.3 is 0 Å². The van der Waals surface area contributed by atoms with Crippen LogP contribution in [-0.4, -0.2) is 25.5 Å². The first-order chi connectivity index (χ1) is 11.2. The predicted molar refractivity (Wildman–Crippen MR) is 97.5 cm³/mol. The molecule has 0 amide bonds. The molecular weight excluding hydrogens is 370 g/mol. The summed E-state index contributed by atoms with van der Waals surface area (Å²) in [4.78, 5) is 4.57. The number of hydrogen-bond donors (Lipinski definition) is 1. The molecule has 0 saturated carbocycles. The largest absolute Gasteiger partial charge is 0.437 e. The molecule has 0 aliphatic carbocycles. The first-order valence-electron chi connectivity index (χ1n) is 7.73. The number of aromatic nitrogens is 3. The van der Waals surface area contributed by atoms with Gasteiger partial charge in [0.05, 0.1) is 28.3 Å². The molecule has 0 aliphatic heterocycles. The minimum absolute atomic E-state index is 0.391. The van der Waals surface area contributed by atoms with E-state index in [1.807, 2.05) is 38.1 Å². The molecule has 0 spiro atoms. The Morgan fingerprint density at radius 2 is 1.92 bits per heavy atom. The molecule has 0 fully saturated rings. The van der Waals surface area contributed by atoms with Crippen LogP contribution in [0.15, 0.2) is 34.9 Å². The fraction of sp³-hybridized carbons (Fsp3) is 0.333. The lowest BCUT2D eigenvalue weighted by Gasteiger charge is -2.17. The van der Waals surface area contributed by atoms with Crippen molar-refractivity contribution in [2.75, 3.05) is 0 Å². The number of aliphatic hydroxyl groups is 1. The van der Waals surface area contributed by atoms with Crippen LogP contribution >= 0.6 is 15.9 Å². The molecule has 3 aromatic rings. The van der Waals surface area contributed by atoms with E-state index in [0.717, 1.165) is 32.4 Å². The van der Waals surface area contributed by atoms with Gasteiger partial charge in [0.25, 0.3) is 0 Å². The summed E-state index contributed by atoms with van der Waals surface area (Å²) in [5, 5.41) is 14.3. The number of halogens is 1. The number of nitrogens with zero attached hydrogens (tertiary/aromatic N) is 3. The highest BCUT2D eigenvalue weighted by atomic mass is 79.9. The molecule has 0 radical (unpaired) electrons. The van der Waals surface area contributed by atoms with Gasteiger partial charge in [-0.05, 0) is 60.8 Å². The third kappa shape index (κ3) is 3.44. The average Bonchev–Trinajstić information content (AvgIpc) is 2.83. The van der Waals surface area contributed by atoms with Gasteiger partial charge in [-0.1, -0.05) is 18.2 Å². The van der Waals surface area contributed by atoms with Gasteiger partial charge < -0.3 is 9.84 Å². The van der Waals surface area contributed by atoms with Crippen LogP contribution < -0.4 is 4.74 Å². The summed E-state index contributed by atoms with van der Waals surface area (Å²) in [5.41, 5.74) is 2.84. The first kappa shape index (κ1) is 16.9. The smallest absolute Gasteiger partial charge is 0.234 e. The maximum absolute atomic E-state index is 10.0. The van der Waals surface area contributed by atoms with Gasteiger partial charge in [0.2, 0.25) is 5.88 Å². The normalized spacial score (nSPS) is 11.9. The minimum atomic E-state index is -0.848. The van der Waals surface area contributed by atoms with E-state index in [0.29, 0.717) is 12.4 Å². The van der Waals surface area contributed by atoms with E-state index in [1.165, 1.54) is 0 Å². The highest BCUT2D eigenvalue weighted by molar-refractivity contribution is 9.10. The Hall–Kier alpha value is -1.92. The minimum Gasteiger partial charge on any atom is -0.437 e. The molecule has 1 aromatic carbocycles. The lowest BCUT2D eigenvalue weighted by atomic mass is 10.1. The second kappa shape index (κ2) is 6.18. The Morgan fingerprint density at radius 1 is 1.25 bits per heavy atom. The summed E-state index contributed by atoms with van der Waals surface area (Å²) in [7, 11) is 0. The summed E-state index contributed by atoms with van der Waals surface area (Å²) in [5.74, 6) is 1.32. The van der Waals surface area contributed by atoms with Gasteiger partial charge in [-0.25, -0.2) is 4.98 Å². The first-order valence-corrected chi connectivity index (χ1v) is 8.52. The zero-order valence-electron chi connectivity index (χ0n) is 14.2. The average molecular weight is 390 g/mol. The number of aryl methyl sites for hydroxylation is 2. The molecule has 0 aliphatic rings. The Balaban J connectivity index is 2.00. The van der Waals surface area contributed by atoms with Gasteiger partial charge in [-0.2, -0.15) is 5.10 Å². The third-order valence-electron chi connectivity index (χ3n) is 3.69. The number of benzene rings is 1. The monoisotopic (exact) mass is 389 g/mol. The number of rotatable bonds is 4. The highest BCUT2D eigenvalue weighted by Crippen LogP contribution is 2.34. The van der Waals surface area contributed by atoms with Crippen molar-refractivity contribution in [1.29, 1.82) is 0 Å². The Kier molecular flexibility index (Phi) is 4.36. The SMILES string of the molecule is Cc1cccc(C)c1Oc1nc2cnn(CC(C)(C)O)c2cc1Br. The quantitative estimate of drug-likeness (QED) is 0.719. The standard InChI is InChI=1S/C18H20BrN3O2/c1-11-6-5-7-12(2)16(11)24-17-13(19)8-15-14(21-17)9-20-22(15)10-18(3,4)23/h5-9,23H,10H2,1-4H3. The van der Waals surface area contributed by atoms with Crippen molar-refractivity contribution in [1.82, 2.24) is 14.8 Å². The van der Waals surface area contributed by atoms with Crippen molar-refractivity contribution in [3.8, 4) is 11.6 Å². The van der Waals surface area contributed by atoms with E-state index >= 15 is 0 Å². The molecule has 24 heavy (non-hydrogen) atoms. The molecule has 2 aromatic heterocycles. The second-order valence-electron chi connectivity index (χ2n) is 6.62. The summed E-state index contributed by atoms with van der Waals surface area (Å²) in [6.45, 7) is 7.91. The van der Waals surface area contributed by atoms with Crippen molar-refractivity contribution in [2.24, 2.45) is 0 Å². The Morgan fingerprint density at radius 3 is 2.54 bits per heavy atom. The summed E-state index contributed by atoms with van der Waals surface area (Å²) in [6.07, 6.45) is 1.69. The number of pyridine rings is 1. The summed E-state index contributed by atoms with van der Waals surface area (Å²) in [6, 6.07) is 7.94. The molecule has 0 unspecified atom stereocenters. The second-order valence-corrected chi connectivity index (χ2v) is 7.47. The van der Waals surface area contributed by atoms with Crippen LogP contribution in [0.3, 0.4) is 0 Å². The topological polar surface area (TPSA) is 60.2 Å². The van der Waals surface area contributed by atoms with E-state index in [-0.39, 0.29) is 0 Å². The van der Waals surface area contributed by atoms with Crippen molar-refractivity contribution in [3.63, 3.8) is 0 Å². The van der Waals surface area contributed by atoms with E-state index in [4.69, 9.17) is 4.74 Å². The maximum atomic E-state index is 10.0. The maximum Gasteiger partial charge on any atom is 0.234 e. The van der Waals surface area contributed by atoms with Gasteiger partial charge in [0.15, 0.2) is 0 Å². The molecule has 0 atom stereocenters. The van der Waals surface area contributed by atoms with Crippen molar-refractivity contribution >= 4 is 27.0 Å². The number of ether oxygens (including phenoxy) is 1. The van der Waals surface area contributed by atoms with Crippen LogP contribution in [0.1, 0.15) is 25.0 Å². The van der Waals surface area contributed by atoms with Crippen LogP contribution in [0.25, 0.3) is 11.0 Å². The van der Waals surface area contributed by atoms with Crippen LogP contribution in [0.4, 0.5) is 0 Å². The van der Waals surface area contributed by atoms with Crippen LogP contribution in [-0.2, 0) is 6.54 Å². The summed E-state index contributed by atoms with van der Waals surface area (Å²) >= 11 is 3.53. The molecule has 1 N–H and O–H groups in total. The van der Waals surface area contributed by atoms with E-state index in [1.54, 1.807) is 24.7 Å². The predicted octanol–water partition coefficient (Wildman–Crippen LogP) is 4.37. The Bertz CT molecular complexity index is 877. The lowest BCUT2D eigenvalue weighted by molar-refractivity contribution is 0.0591. The van der Waals surface area contributed by atoms with E-state index < -0.39 is 5.60 Å². The molecular formula is C18H20BrN3O2. The number of hydrogen-bond acceptors (Lipinski definition) is 4. The Labute approximate surface area is 149 Å². The van der Waals surface area contributed by atoms with Gasteiger partial charge in [-0.3, -0.25) is 4.68 Å². The molecule has 0 bridgehead atoms. The van der Waals surface area contributed by atoms with Gasteiger partial charge in [0.1, 0.15) is 11.3 Å². The molecule has 3 rings (SSSR count). The lowest BCUT2D eigenvalue weighted by Crippen LogP contribution is -2.26. The van der Waals surface area contributed by atoms with Crippen LogP contribution in [0.5, 0.6) is 11.6 Å². The van der Waals surface area contributed by atoms with Crippen molar-refractivity contribution in [2.45, 2.75) is 39.8 Å². The van der Waals surface area contributed by atoms with Crippen molar-refractivity contribution < 1.29 is 9.84 Å². The number of para-hydroxylation sites is 1. The molecule has 0 saturated heterocycles.